The van der Waals surface area contributed by atoms with Crippen LogP contribution in [0.3, 0.4) is 0 Å². The van der Waals surface area contributed by atoms with Crippen molar-refractivity contribution >= 4 is 23.2 Å². The summed E-state index contributed by atoms with van der Waals surface area (Å²) < 4.78 is 0. The van der Waals surface area contributed by atoms with E-state index in [1.54, 1.807) is 0 Å². The summed E-state index contributed by atoms with van der Waals surface area (Å²) >= 11 is 13.0. The number of halogens is 2. The lowest BCUT2D eigenvalue weighted by molar-refractivity contribution is 0.531. The van der Waals surface area contributed by atoms with E-state index >= 15 is 0 Å². The SMILES string of the molecule is Cc1c2c(c(C)c3c1C(C)(Cl)C3)C(C)(Cl)C2. The molecule has 2 unspecified atom stereocenters. The molecule has 0 N–H and O–H groups in total. The van der Waals surface area contributed by atoms with Crippen LogP contribution in [0.1, 0.15) is 47.2 Å². The molecule has 0 aromatic heterocycles. The minimum absolute atomic E-state index is 0.141. The van der Waals surface area contributed by atoms with E-state index in [0.29, 0.717) is 0 Å². The van der Waals surface area contributed by atoms with E-state index in [0.717, 1.165) is 12.8 Å². The molecule has 0 saturated carbocycles. The van der Waals surface area contributed by atoms with Gasteiger partial charge in [-0.3, -0.25) is 0 Å². The number of benzene rings is 1. The van der Waals surface area contributed by atoms with Crippen LogP contribution in [0.2, 0.25) is 0 Å². The Morgan fingerprint density at radius 1 is 0.812 bits per heavy atom. The molecule has 16 heavy (non-hydrogen) atoms. The van der Waals surface area contributed by atoms with Crippen LogP contribution in [0.25, 0.3) is 0 Å². The number of hydrogen-bond donors (Lipinski definition) is 0. The molecule has 2 aliphatic carbocycles. The molecular weight excluding hydrogens is 239 g/mol. The van der Waals surface area contributed by atoms with Crippen LogP contribution in [-0.2, 0) is 22.6 Å². The Morgan fingerprint density at radius 3 is 1.38 bits per heavy atom. The number of alkyl halides is 2. The monoisotopic (exact) mass is 254 g/mol. The summed E-state index contributed by atoms with van der Waals surface area (Å²) in [5.41, 5.74) is 8.41. The predicted octanol–water partition coefficient (Wildman–Crippen LogP) is 4.32. The zero-order valence-corrected chi connectivity index (χ0v) is 11.7. The van der Waals surface area contributed by atoms with Gasteiger partial charge in [0.2, 0.25) is 0 Å². The second kappa shape index (κ2) is 2.79. The fourth-order valence-corrected chi connectivity index (χ4v) is 4.39. The highest BCUT2D eigenvalue weighted by molar-refractivity contribution is 6.26. The minimum Gasteiger partial charge on any atom is -0.114 e. The van der Waals surface area contributed by atoms with Crippen molar-refractivity contribution in [1.82, 2.24) is 0 Å². The molecule has 0 saturated heterocycles. The van der Waals surface area contributed by atoms with Gasteiger partial charge in [0, 0.05) is 0 Å². The van der Waals surface area contributed by atoms with Crippen LogP contribution < -0.4 is 0 Å². The van der Waals surface area contributed by atoms with Crippen molar-refractivity contribution in [1.29, 1.82) is 0 Å². The maximum atomic E-state index is 6.50. The fraction of sp³-hybridized carbons (Fsp3) is 0.571. The van der Waals surface area contributed by atoms with E-state index in [1.165, 1.54) is 33.4 Å². The number of fused-ring (bicyclic) bond motifs is 2. The van der Waals surface area contributed by atoms with E-state index in [9.17, 15) is 0 Å². The lowest BCUT2D eigenvalue weighted by Crippen LogP contribution is -2.40. The van der Waals surface area contributed by atoms with Crippen LogP contribution in [0.4, 0.5) is 0 Å². The first-order chi connectivity index (χ1) is 7.26. The maximum Gasteiger partial charge on any atom is 0.0712 e. The molecule has 0 radical (unpaired) electrons. The van der Waals surface area contributed by atoms with Gasteiger partial charge in [0.15, 0.2) is 0 Å². The summed E-state index contributed by atoms with van der Waals surface area (Å²) in [6.07, 6.45) is 1.97. The van der Waals surface area contributed by atoms with Crippen LogP contribution in [0.15, 0.2) is 0 Å². The van der Waals surface area contributed by atoms with Crippen LogP contribution in [-0.4, -0.2) is 0 Å². The van der Waals surface area contributed by atoms with Gasteiger partial charge in [0.05, 0.1) is 9.75 Å². The van der Waals surface area contributed by atoms with E-state index in [2.05, 4.69) is 27.7 Å². The quantitative estimate of drug-likeness (QED) is 0.605. The molecule has 0 bridgehead atoms. The van der Waals surface area contributed by atoms with Crippen molar-refractivity contribution in [2.45, 2.75) is 50.3 Å². The molecule has 2 heteroatoms. The molecule has 0 aliphatic heterocycles. The number of hydrogen-bond acceptors (Lipinski definition) is 0. The molecule has 0 nitrogen and oxygen atoms in total. The second-order valence-corrected chi connectivity index (χ2v) is 7.37. The minimum atomic E-state index is -0.141. The Balaban J connectivity index is 2.31. The van der Waals surface area contributed by atoms with Gasteiger partial charge in [0.25, 0.3) is 0 Å². The second-order valence-electron chi connectivity index (χ2n) is 5.71. The Kier molecular flexibility index (Phi) is 1.90. The molecule has 3 rings (SSSR count). The van der Waals surface area contributed by atoms with Crippen molar-refractivity contribution in [3.05, 3.63) is 33.4 Å². The third kappa shape index (κ3) is 1.08. The number of rotatable bonds is 0. The fourth-order valence-electron chi connectivity index (χ4n) is 3.61. The average molecular weight is 255 g/mol. The zero-order chi connectivity index (χ0) is 11.9. The maximum absolute atomic E-state index is 6.50. The zero-order valence-electron chi connectivity index (χ0n) is 10.2. The summed E-state index contributed by atoms with van der Waals surface area (Å²) in [5, 5.41) is 0. The van der Waals surface area contributed by atoms with Crippen molar-refractivity contribution < 1.29 is 0 Å². The van der Waals surface area contributed by atoms with E-state index in [-0.39, 0.29) is 9.75 Å². The predicted molar refractivity (Wildman–Crippen MR) is 69.7 cm³/mol. The van der Waals surface area contributed by atoms with E-state index in [4.69, 9.17) is 23.2 Å². The van der Waals surface area contributed by atoms with Gasteiger partial charge in [-0.1, -0.05) is 0 Å². The largest absolute Gasteiger partial charge is 0.114 e. The van der Waals surface area contributed by atoms with Crippen molar-refractivity contribution in [3.63, 3.8) is 0 Å². The molecule has 1 aromatic rings. The standard InChI is InChI=1S/C14H16Cl2/c1-7-9-5-14(4,16)12(9)8(2)10-6-13(3,15)11(7)10/h5-6H2,1-4H3. The highest BCUT2D eigenvalue weighted by Crippen LogP contribution is 2.56. The molecule has 2 atom stereocenters. The van der Waals surface area contributed by atoms with Gasteiger partial charge in [-0.15, -0.1) is 23.2 Å². The van der Waals surface area contributed by atoms with Gasteiger partial charge in [0.1, 0.15) is 0 Å². The molecule has 86 valence electrons. The first-order valence-corrected chi connectivity index (χ1v) is 6.55. The molecular formula is C14H16Cl2. The molecule has 0 fully saturated rings. The van der Waals surface area contributed by atoms with Crippen LogP contribution in [0, 0.1) is 13.8 Å². The molecule has 1 aromatic carbocycles. The molecule has 2 aliphatic rings. The lowest BCUT2D eigenvalue weighted by Gasteiger charge is -2.47. The van der Waals surface area contributed by atoms with Gasteiger partial charge >= 0.3 is 0 Å². The lowest BCUT2D eigenvalue weighted by atomic mass is 9.63. The summed E-state index contributed by atoms with van der Waals surface area (Å²) in [6.45, 7) is 8.63. The van der Waals surface area contributed by atoms with Gasteiger partial charge in [-0.05, 0) is 73.9 Å². The highest BCUT2D eigenvalue weighted by atomic mass is 35.5. The Hall–Kier alpha value is -0.200. The normalized spacial score (nSPS) is 34.9. The summed E-state index contributed by atoms with van der Waals surface area (Å²) in [7, 11) is 0. The van der Waals surface area contributed by atoms with Crippen molar-refractivity contribution in [3.8, 4) is 0 Å². The average Bonchev–Trinajstić information content (AvgIpc) is 2.09. The first-order valence-electron chi connectivity index (χ1n) is 5.79. The third-order valence-corrected chi connectivity index (χ3v) is 4.96. The van der Waals surface area contributed by atoms with Crippen LogP contribution in [0.5, 0.6) is 0 Å². The summed E-state index contributed by atoms with van der Waals surface area (Å²) in [5.74, 6) is 0. The molecule has 0 spiro atoms. The van der Waals surface area contributed by atoms with E-state index in [1.807, 2.05) is 0 Å². The van der Waals surface area contributed by atoms with Gasteiger partial charge < -0.3 is 0 Å². The van der Waals surface area contributed by atoms with E-state index < -0.39 is 0 Å². The van der Waals surface area contributed by atoms with Gasteiger partial charge in [-0.25, -0.2) is 0 Å². The third-order valence-electron chi connectivity index (χ3n) is 4.32. The van der Waals surface area contributed by atoms with Gasteiger partial charge in [-0.2, -0.15) is 0 Å². The smallest absolute Gasteiger partial charge is 0.0712 e. The van der Waals surface area contributed by atoms with Crippen molar-refractivity contribution in [2.75, 3.05) is 0 Å². The van der Waals surface area contributed by atoms with Crippen LogP contribution >= 0.6 is 23.2 Å². The molecule has 0 heterocycles. The summed E-state index contributed by atoms with van der Waals surface area (Å²) in [4.78, 5) is -0.283. The Morgan fingerprint density at radius 2 is 1.12 bits per heavy atom. The van der Waals surface area contributed by atoms with Crippen molar-refractivity contribution in [2.24, 2.45) is 0 Å². The summed E-state index contributed by atoms with van der Waals surface area (Å²) in [6, 6.07) is 0. The Labute approximate surface area is 107 Å². The highest BCUT2D eigenvalue weighted by Gasteiger charge is 2.47. The molecule has 0 amide bonds. The topological polar surface area (TPSA) is 0 Å². The Bertz CT molecular complexity index is 446. The first kappa shape index (κ1) is 10.9.